The van der Waals surface area contributed by atoms with E-state index in [2.05, 4.69) is 17.2 Å². The van der Waals surface area contributed by atoms with E-state index in [1.54, 1.807) is 6.92 Å². The Kier molecular flexibility index (Phi) is 11.1. The van der Waals surface area contributed by atoms with Crippen LogP contribution in [0.4, 0.5) is 0 Å². The van der Waals surface area contributed by atoms with E-state index >= 15 is 0 Å². The molecule has 1 aromatic rings. The van der Waals surface area contributed by atoms with Crippen molar-refractivity contribution in [2.24, 2.45) is 0 Å². The highest BCUT2D eigenvalue weighted by atomic mass is 31.1. The molecule has 0 radical (unpaired) electrons. The Morgan fingerprint density at radius 3 is 2.52 bits per heavy atom. The largest absolute Gasteiger partial charge is 0.480 e. The molecule has 7 nitrogen and oxygen atoms in total. The van der Waals surface area contributed by atoms with Crippen molar-refractivity contribution in [3.63, 3.8) is 0 Å². The first-order valence-electron chi connectivity index (χ1n) is 11.3. The topological polar surface area (TPSA) is 95.9 Å². The predicted octanol–water partition coefficient (Wildman–Crippen LogP) is 4.34. The first-order valence-corrected chi connectivity index (χ1v) is 12.7. The zero-order chi connectivity index (χ0) is 22.6. The smallest absolute Gasteiger partial charge is 0.464 e. The second-order valence-corrected chi connectivity index (χ2v) is 9.60. The summed E-state index contributed by atoms with van der Waals surface area (Å²) in [5, 5.41) is 12.2. The maximum absolute atomic E-state index is 13.0. The van der Waals surface area contributed by atoms with Crippen molar-refractivity contribution >= 4 is 19.8 Å². The van der Waals surface area contributed by atoms with Crippen LogP contribution >= 0.6 is 7.95 Å². The van der Waals surface area contributed by atoms with Gasteiger partial charge in [0, 0.05) is 19.1 Å². The highest BCUT2D eigenvalue weighted by molar-refractivity contribution is 7.43. The number of rotatable bonds is 13. The summed E-state index contributed by atoms with van der Waals surface area (Å²) in [5.74, 6) is -1.82. The standard InChI is InChI=1S/C23H35N2O5P/c1-3-30-22(16-10-13-19-11-6-4-7-12-19)31(29)24-18(2)23(28)25(17-21(26)27)20-14-8-5-9-15-20/h4,6-7,11-12,18,20,22H,3,5,8-10,13-17H2,1-2H3,(H-,24,26,27,29)/p+1/t18-,22?/m0/s1. The molecular weight excluding hydrogens is 415 g/mol. The molecule has 0 aliphatic heterocycles. The van der Waals surface area contributed by atoms with Gasteiger partial charge >= 0.3 is 13.9 Å². The van der Waals surface area contributed by atoms with Crippen molar-refractivity contribution in [2.45, 2.75) is 83.1 Å². The Morgan fingerprint density at radius 1 is 1.23 bits per heavy atom. The number of ether oxygens (including phenoxy) is 1. The third kappa shape index (κ3) is 8.68. The lowest BCUT2D eigenvalue weighted by molar-refractivity contribution is -0.147. The number of carbonyl (C=O) groups excluding carboxylic acids is 1. The van der Waals surface area contributed by atoms with Gasteiger partial charge in [-0.05, 0) is 49.7 Å². The highest BCUT2D eigenvalue weighted by Gasteiger charge is 2.37. The molecule has 0 aromatic heterocycles. The second-order valence-electron chi connectivity index (χ2n) is 8.12. The molecule has 1 aliphatic rings. The number of nitrogens with one attached hydrogen (secondary N) is 1. The third-order valence-corrected chi connectivity index (χ3v) is 7.25. The zero-order valence-corrected chi connectivity index (χ0v) is 19.6. The van der Waals surface area contributed by atoms with E-state index in [0.29, 0.717) is 13.0 Å². The average molecular weight is 452 g/mol. The molecular formula is C23H36N2O5P+. The fraction of sp³-hybridized carbons (Fsp3) is 0.652. The van der Waals surface area contributed by atoms with Crippen LogP contribution < -0.4 is 5.09 Å². The molecule has 2 rings (SSSR count). The zero-order valence-electron chi connectivity index (χ0n) is 18.7. The number of nitrogens with zero attached hydrogens (tertiary/aromatic N) is 1. The molecule has 0 heterocycles. The molecule has 172 valence electrons. The third-order valence-electron chi connectivity index (χ3n) is 5.68. The van der Waals surface area contributed by atoms with Gasteiger partial charge in [-0.2, -0.15) is 0 Å². The van der Waals surface area contributed by atoms with Crippen LogP contribution in [0, 0.1) is 0 Å². The number of aryl methyl sites for hydroxylation is 1. The maximum atomic E-state index is 13.0. The fourth-order valence-electron chi connectivity index (χ4n) is 4.09. The normalized spacial score (nSPS) is 17.0. The van der Waals surface area contributed by atoms with Gasteiger partial charge in [-0.25, -0.2) is 0 Å². The van der Waals surface area contributed by atoms with E-state index in [1.807, 2.05) is 25.1 Å². The molecule has 2 N–H and O–H groups in total. The van der Waals surface area contributed by atoms with Crippen molar-refractivity contribution in [1.82, 2.24) is 9.99 Å². The van der Waals surface area contributed by atoms with E-state index in [-0.39, 0.29) is 18.5 Å². The van der Waals surface area contributed by atoms with Gasteiger partial charge in [0.2, 0.25) is 5.91 Å². The average Bonchev–Trinajstić information content (AvgIpc) is 2.77. The number of benzene rings is 1. The number of carbonyl (C=O) groups is 2. The van der Waals surface area contributed by atoms with Crippen LogP contribution in [0.2, 0.25) is 0 Å². The van der Waals surface area contributed by atoms with E-state index in [1.165, 1.54) is 10.5 Å². The van der Waals surface area contributed by atoms with Crippen LogP contribution in [0.1, 0.15) is 64.4 Å². The quantitative estimate of drug-likeness (QED) is 0.433. The van der Waals surface area contributed by atoms with Gasteiger partial charge in [-0.3, -0.25) is 9.59 Å². The van der Waals surface area contributed by atoms with Crippen LogP contribution in [0.25, 0.3) is 0 Å². The van der Waals surface area contributed by atoms with Crippen LogP contribution in [0.5, 0.6) is 0 Å². The molecule has 0 saturated heterocycles. The molecule has 0 bridgehead atoms. The Hall–Kier alpha value is -1.82. The Bertz CT molecular complexity index is 709. The van der Waals surface area contributed by atoms with E-state index in [0.717, 1.165) is 44.9 Å². The lowest BCUT2D eigenvalue weighted by Gasteiger charge is -2.34. The first-order chi connectivity index (χ1) is 14.9. The van der Waals surface area contributed by atoms with Crippen molar-refractivity contribution < 1.29 is 24.0 Å². The van der Waals surface area contributed by atoms with E-state index < -0.39 is 25.8 Å². The molecule has 1 fully saturated rings. The first kappa shape index (κ1) is 25.4. The minimum atomic E-state index is -1.98. The highest BCUT2D eigenvalue weighted by Crippen LogP contribution is 2.30. The van der Waals surface area contributed by atoms with Crippen LogP contribution in [0.15, 0.2) is 30.3 Å². The Morgan fingerprint density at radius 2 is 1.90 bits per heavy atom. The van der Waals surface area contributed by atoms with Crippen LogP contribution in [-0.2, 0) is 25.3 Å². The maximum Gasteiger partial charge on any atom is 0.464 e. The van der Waals surface area contributed by atoms with Crippen LogP contribution in [-0.4, -0.2) is 53.0 Å². The summed E-state index contributed by atoms with van der Waals surface area (Å²) in [5.41, 5.74) is 1.22. The van der Waals surface area contributed by atoms with Gasteiger partial charge in [0.25, 0.3) is 5.85 Å². The molecule has 3 atom stereocenters. The molecule has 8 heteroatoms. The summed E-state index contributed by atoms with van der Waals surface area (Å²) in [6.07, 6.45) is 7.06. The number of hydrogen-bond donors (Lipinski definition) is 2. The molecule has 1 aromatic carbocycles. The SMILES string of the molecule is CCOC(CCCc1ccccc1)[P+](=O)N[C@@H](C)C(=O)N(CC(=O)O)C1CCCCC1. The molecule has 1 saturated carbocycles. The number of amides is 1. The molecule has 31 heavy (non-hydrogen) atoms. The summed E-state index contributed by atoms with van der Waals surface area (Å²) in [7, 11) is -1.98. The van der Waals surface area contributed by atoms with Crippen molar-refractivity contribution in [1.29, 1.82) is 0 Å². The van der Waals surface area contributed by atoms with Crippen molar-refractivity contribution in [3.05, 3.63) is 35.9 Å². The summed E-state index contributed by atoms with van der Waals surface area (Å²) in [4.78, 5) is 25.8. The van der Waals surface area contributed by atoms with Crippen molar-refractivity contribution in [3.8, 4) is 0 Å². The van der Waals surface area contributed by atoms with Gasteiger partial charge in [0.15, 0.2) is 0 Å². The predicted molar refractivity (Wildman–Crippen MR) is 121 cm³/mol. The van der Waals surface area contributed by atoms with Gasteiger partial charge in [-0.1, -0.05) is 54.7 Å². The monoisotopic (exact) mass is 451 g/mol. The van der Waals surface area contributed by atoms with Gasteiger partial charge in [0.1, 0.15) is 12.6 Å². The molecule has 0 spiro atoms. The minimum absolute atomic E-state index is 0.0620. The molecule has 1 amide bonds. The lowest BCUT2D eigenvalue weighted by atomic mass is 9.94. The molecule has 2 unspecified atom stereocenters. The number of carboxylic acid groups (broad SMARTS) is 1. The van der Waals surface area contributed by atoms with Gasteiger partial charge in [0.05, 0.1) is 0 Å². The molecule has 1 aliphatic carbocycles. The Balaban J connectivity index is 1.93. The number of hydrogen-bond acceptors (Lipinski definition) is 4. The summed E-state index contributed by atoms with van der Waals surface area (Å²) >= 11 is 0. The summed E-state index contributed by atoms with van der Waals surface area (Å²) < 4.78 is 18.6. The summed E-state index contributed by atoms with van der Waals surface area (Å²) in [6, 6.07) is 9.32. The Labute approximate surface area is 186 Å². The van der Waals surface area contributed by atoms with Crippen molar-refractivity contribution in [2.75, 3.05) is 13.2 Å². The summed E-state index contributed by atoms with van der Waals surface area (Å²) in [6.45, 7) is 3.63. The van der Waals surface area contributed by atoms with Gasteiger partial charge in [-0.15, -0.1) is 0 Å². The van der Waals surface area contributed by atoms with E-state index in [4.69, 9.17) is 4.74 Å². The number of carboxylic acids is 1. The van der Waals surface area contributed by atoms with Crippen LogP contribution in [0.3, 0.4) is 0 Å². The minimum Gasteiger partial charge on any atom is -0.480 e. The van der Waals surface area contributed by atoms with E-state index in [9.17, 15) is 19.3 Å². The number of aliphatic carboxylic acids is 1. The van der Waals surface area contributed by atoms with Gasteiger partial charge < -0.3 is 14.7 Å². The fourth-order valence-corrected chi connectivity index (χ4v) is 5.45. The second kappa shape index (κ2) is 13.6. The lowest BCUT2D eigenvalue weighted by Crippen LogP contribution is -2.50.